The Kier molecular flexibility index (Phi) is 7.33. The Bertz CT molecular complexity index is 341. The summed E-state index contributed by atoms with van der Waals surface area (Å²) in [5, 5.41) is 4.17. The maximum Gasteiger partial charge on any atom is 0.0949 e. The third-order valence-electron chi connectivity index (χ3n) is 2.61. The minimum atomic E-state index is 0.0812. The summed E-state index contributed by atoms with van der Waals surface area (Å²) in [6.45, 7) is 9.10. The molecule has 1 atom stereocenters. The first-order valence-corrected chi connectivity index (χ1v) is 7.09. The lowest BCUT2D eigenvalue weighted by atomic mass is 10.1. The number of rotatable bonds is 8. The van der Waals surface area contributed by atoms with E-state index in [1.165, 1.54) is 0 Å². The van der Waals surface area contributed by atoms with Crippen LogP contribution < -0.4 is 5.32 Å². The fraction of sp³-hybridized carbons (Fsp3) is 0.600. The van der Waals surface area contributed by atoms with Crippen LogP contribution in [0.1, 0.15) is 38.9 Å². The molecule has 0 heterocycles. The first-order valence-electron chi connectivity index (χ1n) is 6.71. The molecule has 0 bridgehead atoms. The highest BCUT2D eigenvalue weighted by Gasteiger charge is 2.12. The highest BCUT2D eigenvalue weighted by Crippen LogP contribution is 2.21. The van der Waals surface area contributed by atoms with Crippen LogP contribution in [0.25, 0.3) is 0 Å². The van der Waals surface area contributed by atoms with Crippen molar-refractivity contribution >= 4 is 11.6 Å². The summed E-state index contributed by atoms with van der Waals surface area (Å²) in [7, 11) is 0. The summed E-state index contributed by atoms with van der Waals surface area (Å²) in [4.78, 5) is 0. The normalized spacial score (nSPS) is 12.9. The predicted molar refractivity (Wildman–Crippen MR) is 78.1 cm³/mol. The van der Waals surface area contributed by atoms with Crippen LogP contribution in [0.15, 0.2) is 24.3 Å². The maximum absolute atomic E-state index is 6.04. The van der Waals surface area contributed by atoms with E-state index in [1.807, 2.05) is 18.2 Å². The Labute approximate surface area is 116 Å². The molecular formula is C15H24ClNO. The van der Waals surface area contributed by atoms with E-state index < -0.39 is 0 Å². The van der Waals surface area contributed by atoms with Crippen molar-refractivity contribution in [3.05, 3.63) is 34.9 Å². The zero-order chi connectivity index (χ0) is 13.4. The average molecular weight is 270 g/mol. The fourth-order valence-electron chi connectivity index (χ4n) is 1.70. The smallest absolute Gasteiger partial charge is 0.0949 e. The number of hydrogen-bond acceptors (Lipinski definition) is 2. The van der Waals surface area contributed by atoms with Crippen molar-refractivity contribution in [1.29, 1.82) is 0 Å². The standard InChI is InChI=1S/C15H24ClNO/c1-4-8-17-10-15(18-11-12(2)3)13-6-5-7-14(16)9-13/h5-7,9,12,15,17H,4,8,10-11H2,1-3H3. The number of halogens is 1. The second-order valence-corrected chi connectivity index (χ2v) is 5.41. The van der Waals surface area contributed by atoms with Gasteiger partial charge in [0.1, 0.15) is 0 Å². The Balaban J connectivity index is 2.63. The Morgan fingerprint density at radius 3 is 2.72 bits per heavy atom. The lowest BCUT2D eigenvalue weighted by molar-refractivity contribution is 0.0353. The third-order valence-corrected chi connectivity index (χ3v) is 2.84. The van der Waals surface area contributed by atoms with Gasteiger partial charge in [-0.1, -0.05) is 44.5 Å². The van der Waals surface area contributed by atoms with Gasteiger partial charge in [0.15, 0.2) is 0 Å². The van der Waals surface area contributed by atoms with Gasteiger partial charge in [0.25, 0.3) is 0 Å². The van der Waals surface area contributed by atoms with Gasteiger partial charge in [-0.05, 0) is 36.6 Å². The van der Waals surface area contributed by atoms with E-state index >= 15 is 0 Å². The predicted octanol–water partition coefficient (Wildman–Crippen LogP) is 4.05. The Hall–Kier alpha value is -0.570. The fourth-order valence-corrected chi connectivity index (χ4v) is 1.90. The quantitative estimate of drug-likeness (QED) is 0.719. The molecule has 3 heteroatoms. The number of ether oxygens (including phenoxy) is 1. The summed E-state index contributed by atoms with van der Waals surface area (Å²) >= 11 is 6.04. The van der Waals surface area contributed by atoms with Gasteiger partial charge >= 0.3 is 0 Å². The molecule has 0 fully saturated rings. The molecule has 1 rings (SSSR count). The van der Waals surface area contributed by atoms with Crippen LogP contribution in [0.3, 0.4) is 0 Å². The molecule has 0 saturated heterocycles. The van der Waals surface area contributed by atoms with Gasteiger partial charge in [-0.25, -0.2) is 0 Å². The van der Waals surface area contributed by atoms with E-state index in [0.717, 1.165) is 36.7 Å². The van der Waals surface area contributed by atoms with Gasteiger partial charge in [0.05, 0.1) is 6.10 Å². The largest absolute Gasteiger partial charge is 0.372 e. The zero-order valence-corrected chi connectivity index (χ0v) is 12.3. The lowest BCUT2D eigenvalue weighted by Gasteiger charge is -2.20. The van der Waals surface area contributed by atoms with E-state index in [4.69, 9.17) is 16.3 Å². The zero-order valence-electron chi connectivity index (χ0n) is 11.6. The molecule has 102 valence electrons. The van der Waals surface area contributed by atoms with Crippen LogP contribution in [0, 0.1) is 5.92 Å². The molecule has 0 amide bonds. The summed E-state index contributed by atoms with van der Waals surface area (Å²) in [6, 6.07) is 7.93. The van der Waals surface area contributed by atoms with Crippen LogP contribution in [-0.4, -0.2) is 19.7 Å². The molecule has 1 N–H and O–H groups in total. The Morgan fingerprint density at radius 2 is 2.11 bits per heavy atom. The molecule has 0 saturated carbocycles. The van der Waals surface area contributed by atoms with Crippen molar-refractivity contribution < 1.29 is 4.74 Å². The van der Waals surface area contributed by atoms with E-state index in [0.29, 0.717) is 5.92 Å². The summed E-state index contributed by atoms with van der Waals surface area (Å²) in [5.74, 6) is 0.540. The number of nitrogens with one attached hydrogen (secondary N) is 1. The van der Waals surface area contributed by atoms with Gasteiger partial charge in [0.2, 0.25) is 0 Å². The molecule has 1 unspecified atom stereocenters. The second kappa shape index (κ2) is 8.52. The van der Waals surface area contributed by atoms with E-state index in [1.54, 1.807) is 0 Å². The SMILES string of the molecule is CCCNCC(OCC(C)C)c1cccc(Cl)c1. The third kappa shape index (κ3) is 5.85. The minimum Gasteiger partial charge on any atom is -0.372 e. The number of benzene rings is 1. The Morgan fingerprint density at radius 1 is 1.33 bits per heavy atom. The maximum atomic E-state index is 6.04. The molecule has 2 nitrogen and oxygen atoms in total. The highest BCUT2D eigenvalue weighted by atomic mass is 35.5. The van der Waals surface area contributed by atoms with Crippen molar-refractivity contribution in [3.8, 4) is 0 Å². The molecule has 18 heavy (non-hydrogen) atoms. The van der Waals surface area contributed by atoms with Crippen LogP contribution in [-0.2, 0) is 4.74 Å². The van der Waals surface area contributed by atoms with Crippen molar-refractivity contribution in [2.24, 2.45) is 5.92 Å². The van der Waals surface area contributed by atoms with Gasteiger partial charge in [0, 0.05) is 18.2 Å². The van der Waals surface area contributed by atoms with Crippen molar-refractivity contribution in [1.82, 2.24) is 5.32 Å². The molecule has 0 radical (unpaired) electrons. The topological polar surface area (TPSA) is 21.3 Å². The lowest BCUT2D eigenvalue weighted by Crippen LogP contribution is -2.25. The van der Waals surface area contributed by atoms with E-state index in [-0.39, 0.29) is 6.10 Å². The monoisotopic (exact) mass is 269 g/mol. The first kappa shape index (κ1) is 15.5. The van der Waals surface area contributed by atoms with Crippen LogP contribution in [0.5, 0.6) is 0 Å². The molecule has 0 spiro atoms. The molecule has 0 aliphatic heterocycles. The van der Waals surface area contributed by atoms with E-state index in [2.05, 4.69) is 32.2 Å². The van der Waals surface area contributed by atoms with Crippen molar-refractivity contribution in [2.75, 3.05) is 19.7 Å². The molecule has 0 aromatic heterocycles. The van der Waals surface area contributed by atoms with Gasteiger partial charge in [-0.2, -0.15) is 0 Å². The van der Waals surface area contributed by atoms with E-state index in [9.17, 15) is 0 Å². The number of hydrogen-bond donors (Lipinski definition) is 1. The second-order valence-electron chi connectivity index (χ2n) is 4.97. The van der Waals surface area contributed by atoms with Crippen LogP contribution in [0.2, 0.25) is 5.02 Å². The molecule has 0 aliphatic carbocycles. The van der Waals surface area contributed by atoms with Gasteiger partial charge < -0.3 is 10.1 Å². The molecular weight excluding hydrogens is 246 g/mol. The minimum absolute atomic E-state index is 0.0812. The summed E-state index contributed by atoms with van der Waals surface area (Å²) < 4.78 is 5.97. The first-order chi connectivity index (χ1) is 8.63. The van der Waals surface area contributed by atoms with Crippen LogP contribution >= 0.6 is 11.6 Å². The van der Waals surface area contributed by atoms with Gasteiger partial charge in [-0.3, -0.25) is 0 Å². The molecule has 0 aliphatic rings. The summed E-state index contributed by atoms with van der Waals surface area (Å²) in [6.07, 6.45) is 1.21. The van der Waals surface area contributed by atoms with Crippen LogP contribution in [0.4, 0.5) is 0 Å². The van der Waals surface area contributed by atoms with Crippen molar-refractivity contribution in [3.63, 3.8) is 0 Å². The van der Waals surface area contributed by atoms with Crippen molar-refractivity contribution in [2.45, 2.75) is 33.3 Å². The summed E-state index contributed by atoms with van der Waals surface area (Å²) in [5.41, 5.74) is 1.15. The highest BCUT2D eigenvalue weighted by molar-refractivity contribution is 6.30. The van der Waals surface area contributed by atoms with Gasteiger partial charge in [-0.15, -0.1) is 0 Å². The molecule has 1 aromatic carbocycles. The average Bonchev–Trinajstić information content (AvgIpc) is 2.33. The molecule has 1 aromatic rings.